The van der Waals surface area contributed by atoms with Crippen LogP contribution in [-0.2, 0) is 65.4 Å². The quantitative estimate of drug-likeness (QED) is 0.0222. The molecule has 0 fully saturated rings. The van der Waals surface area contributed by atoms with Crippen molar-refractivity contribution in [1.29, 1.82) is 0 Å². The molecule has 0 spiro atoms. The number of phosphoric ester groups is 2. The lowest BCUT2D eigenvalue weighted by molar-refractivity contribution is -0.161. The van der Waals surface area contributed by atoms with E-state index in [9.17, 15) is 43.2 Å². The number of phosphoric acid groups is 2. The van der Waals surface area contributed by atoms with Crippen LogP contribution in [0.15, 0.2) is 0 Å². The third-order valence-electron chi connectivity index (χ3n) is 15.2. The highest BCUT2D eigenvalue weighted by atomic mass is 31.2. The van der Waals surface area contributed by atoms with Gasteiger partial charge in [-0.05, 0) is 49.4 Å². The molecule has 0 saturated carbocycles. The SMILES string of the molecule is CCC(C)CCCCCCCCC(=O)O[C@H](COC(=O)CCCCCCCCC(C)C)COP(=O)(O)OC[C@H](O)COP(=O)(O)OC[C@@H](COC(=O)CCCCCCCCCCCCCC(C)C)OC(=O)CCCCCCCCCCC(C)C. The minimum absolute atomic E-state index is 0.101. The van der Waals surface area contributed by atoms with Crippen LogP contribution in [-0.4, -0.2) is 96.7 Å². The first kappa shape index (κ1) is 82.1. The summed E-state index contributed by atoms with van der Waals surface area (Å²) in [5, 5.41) is 10.5. The molecule has 0 rings (SSSR count). The van der Waals surface area contributed by atoms with Gasteiger partial charge >= 0.3 is 39.5 Å². The van der Waals surface area contributed by atoms with Gasteiger partial charge in [-0.25, -0.2) is 9.13 Å². The normalized spacial score (nSPS) is 14.7. The van der Waals surface area contributed by atoms with Crippen LogP contribution >= 0.6 is 15.6 Å². The molecule has 0 heterocycles. The average molecular weight is 1240 g/mol. The van der Waals surface area contributed by atoms with E-state index in [4.69, 9.17) is 37.0 Å². The van der Waals surface area contributed by atoms with Crippen LogP contribution in [0.5, 0.6) is 0 Å². The van der Waals surface area contributed by atoms with Crippen LogP contribution in [0.25, 0.3) is 0 Å². The van der Waals surface area contributed by atoms with Crippen LogP contribution < -0.4 is 0 Å². The first-order valence-corrected chi connectivity index (χ1v) is 36.7. The fourth-order valence-electron chi connectivity index (χ4n) is 9.57. The number of aliphatic hydroxyl groups is 1. The molecule has 0 aliphatic rings. The molecule has 17 nitrogen and oxygen atoms in total. The first-order valence-electron chi connectivity index (χ1n) is 33.7. The summed E-state index contributed by atoms with van der Waals surface area (Å²) in [6.07, 6.45) is 35.1. The van der Waals surface area contributed by atoms with E-state index in [1.54, 1.807) is 0 Å². The fourth-order valence-corrected chi connectivity index (χ4v) is 11.2. The molecule has 0 radical (unpaired) electrons. The molecule has 0 aromatic carbocycles. The van der Waals surface area contributed by atoms with E-state index in [1.807, 2.05) is 0 Å². The molecule has 0 aliphatic heterocycles. The van der Waals surface area contributed by atoms with Crippen molar-refractivity contribution < 1.29 is 80.2 Å². The van der Waals surface area contributed by atoms with Crippen molar-refractivity contribution >= 4 is 39.5 Å². The van der Waals surface area contributed by atoms with Crippen LogP contribution in [0.1, 0.15) is 312 Å². The molecule has 498 valence electrons. The predicted octanol–water partition coefficient (Wildman–Crippen LogP) is 17.8. The number of ether oxygens (including phenoxy) is 4. The number of hydrogen-bond acceptors (Lipinski definition) is 15. The van der Waals surface area contributed by atoms with E-state index in [0.717, 1.165) is 114 Å². The Bertz CT molecular complexity index is 1680. The molecule has 0 bridgehead atoms. The zero-order valence-corrected chi connectivity index (χ0v) is 56.3. The summed E-state index contributed by atoms with van der Waals surface area (Å²) >= 11 is 0. The van der Waals surface area contributed by atoms with E-state index in [2.05, 4.69) is 55.4 Å². The van der Waals surface area contributed by atoms with E-state index in [-0.39, 0.29) is 25.7 Å². The summed E-state index contributed by atoms with van der Waals surface area (Å²) in [6, 6.07) is 0. The van der Waals surface area contributed by atoms with Crippen molar-refractivity contribution in [1.82, 2.24) is 0 Å². The summed E-state index contributed by atoms with van der Waals surface area (Å²) in [4.78, 5) is 72.2. The summed E-state index contributed by atoms with van der Waals surface area (Å²) in [7, 11) is -9.89. The van der Waals surface area contributed by atoms with Crippen molar-refractivity contribution in [2.45, 2.75) is 331 Å². The maximum Gasteiger partial charge on any atom is 0.472 e. The lowest BCUT2D eigenvalue weighted by Gasteiger charge is -2.21. The number of esters is 4. The number of carbonyl (C=O) groups excluding carboxylic acids is 4. The molecular formula is C65H126O17P2. The molecule has 0 saturated heterocycles. The fraction of sp³-hybridized carbons (Fsp3) is 0.938. The van der Waals surface area contributed by atoms with E-state index in [1.165, 1.54) is 109 Å². The van der Waals surface area contributed by atoms with Gasteiger partial charge in [0.05, 0.1) is 26.4 Å². The summed E-state index contributed by atoms with van der Waals surface area (Å²) in [6.45, 7) is 13.9. The lowest BCUT2D eigenvalue weighted by atomic mass is 10.00. The van der Waals surface area contributed by atoms with Gasteiger partial charge < -0.3 is 33.8 Å². The molecule has 19 heteroatoms. The Morgan fingerprint density at radius 1 is 0.333 bits per heavy atom. The monoisotopic (exact) mass is 1240 g/mol. The molecule has 6 atom stereocenters. The molecule has 3 N–H and O–H groups in total. The number of unbranched alkanes of at least 4 members (excludes halogenated alkanes) is 27. The van der Waals surface area contributed by atoms with Crippen molar-refractivity contribution in [3.05, 3.63) is 0 Å². The third kappa shape index (κ3) is 57.8. The zero-order chi connectivity index (χ0) is 62.5. The Hall–Kier alpha value is -1.94. The topological polar surface area (TPSA) is 237 Å². The van der Waals surface area contributed by atoms with Crippen molar-refractivity contribution in [3.8, 4) is 0 Å². The van der Waals surface area contributed by atoms with Gasteiger partial charge in [0, 0.05) is 25.7 Å². The molecule has 0 aromatic rings. The minimum atomic E-state index is -4.95. The average Bonchev–Trinajstić information content (AvgIpc) is 3.49. The largest absolute Gasteiger partial charge is 0.472 e. The van der Waals surface area contributed by atoms with Crippen LogP contribution in [0.2, 0.25) is 0 Å². The van der Waals surface area contributed by atoms with Gasteiger partial charge in [-0.1, -0.05) is 261 Å². The maximum absolute atomic E-state index is 13.0. The number of aliphatic hydroxyl groups excluding tert-OH is 1. The number of rotatable bonds is 62. The highest BCUT2D eigenvalue weighted by Gasteiger charge is 2.30. The van der Waals surface area contributed by atoms with Crippen LogP contribution in [0, 0.1) is 23.7 Å². The third-order valence-corrected chi connectivity index (χ3v) is 17.1. The molecule has 3 unspecified atom stereocenters. The summed E-state index contributed by atoms with van der Waals surface area (Å²) in [5.41, 5.74) is 0. The van der Waals surface area contributed by atoms with Crippen molar-refractivity contribution in [3.63, 3.8) is 0 Å². The Labute approximate surface area is 511 Å². The minimum Gasteiger partial charge on any atom is -0.462 e. The van der Waals surface area contributed by atoms with Gasteiger partial charge in [0.15, 0.2) is 12.2 Å². The smallest absolute Gasteiger partial charge is 0.462 e. The number of hydrogen-bond donors (Lipinski definition) is 3. The van der Waals surface area contributed by atoms with E-state index in [0.29, 0.717) is 31.6 Å². The Morgan fingerprint density at radius 3 is 0.845 bits per heavy atom. The standard InChI is InChI=1S/C65H126O17P2/c1-9-58(8)44-36-28-22-24-32-40-48-65(70)82-61(52-76-63(68)46-38-30-23-21-27-35-43-57(6)7)54-80-84(73,74)78-50-59(66)49-77-83(71,72)79-53-60(81-64(69)47-39-31-20-16-15-18-26-34-42-56(4)5)51-75-62(67)45-37-29-19-14-12-10-11-13-17-25-33-41-55(2)3/h55-61,66H,9-54H2,1-8H3,(H,71,72)(H,73,74)/t58?,59-,60-,61-/m1/s1. The Morgan fingerprint density at radius 2 is 0.571 bits per heavy atom. The zero-order valence-electron chi connectivity index (χ0n) is 54.5. The lowest BCUT2D eigenvalue weighted by Crippen LogP contribution is -2.30. The predicted molar refractivity (Wildman–Crippen MR) is 335 cm³/mol. The van der Waals surface area contributed by atoms with Gasteiger partial charge in [-0.15, -0.1) is 0 Å². The molecule has 84 heavy (non-hydrogen) atoms. The van der Waals surface area contributed by atoms with Gasteiger partial charge in [0.25, 0.3) is 0 Å². The Kier molecular flexibility index (Phi) is 53.9. The summed E-state index contributed by atoms with van der Waals surface area (Å²) < 4.78 is 68.0. The second-order valence-electron chi connectivity index (χ2n) is 25.2. The van der Waals surface area contributed by atoms with E-state index >= 15 is 0 Å². The van der Waals surface area contributed by atoms with Gasteiger partial charge in [-0.3, -0.25) is 37.3 Å². The van der Waals surface area contributed by atoms with Gasteiger partial charge in [-0.2, -0.15) is 0 Å². The van der Waals surface area contributed by atoms with Gasteiger partial charge in [0.2, 0.25) is 0 Å². The molecular weight excluding hydrogens is 1110 g/mol. The maximum atomic E-state index is 13.0. The second-order valence-corrected chi connectivity index (χ2v) is 28.1. The Balaban J connectivity index is 5.24. The first-order chi connectivity index (χ1) is 40.1. The van der Waals surface area contributed by atoms with E-state index < -0.39 is 97.5 Å². The highest BCUT2D eigenvalue weighted by molar-refractivity contribution is 7.47. The highest BCUT2D eigenvalue weighted by Crippen LogP contribution is 2.45. The molecule has 0 amide bonds. The second kappa shape index (κ2) is 55.2. The van der Waals surface area contributed by atoms with Crippen molar-refractivity contribution in [2.24, 2.45) is 23.7 Å². The van der Waals surface area contributed by atoms with Crippen molar-refractivity contribution in [2.75, 3.05) is 39.6 Å². The number of carbonyl (C=O) groups is 4. The molecule has 0 aromatic heterocycles. The molecule has 0 aliphatic carbocycles. The van der Waals surface area contributed by atoms with Gasteiger partial charge in [0.1, 0.15) is 19.3 Å². The van der Waals surface area contributed by atoms with Crippen LogP contribution in [0.3, 0.4) is 0 Å². The summed E-state index contributed by atoms with van der Waals surface area (Å²) in [5.74, 6) is 0.747. The van der Waals surface area contributed by atoms with Crippen LogP contribution in [0.4, 0.5) is 0 Å².